The molecule has 0 unspecified atom stereocenters. The minimum absolute atomic E-state index is 0.173. The van der Waals surface area contributed by atoms with Gasteiger partial charge in [-0.05, 0) is 25.0 Å². The summed E-state index contributed by atoms with van der Waals surface area (Å²) in [6.07, 6.45) is 1.68. The second kappa shape index (κ2) is 4.26. The fraction of sp³-hybridized carbons (Fsp3) is 0.417. The summed E-state index contributed by atoms with van der Waals surface area (Å²) < 4.78 is 50.5. The van der Waals surface area contributed by atoms with E-state index in [2.05, 4.69) is 0 Å². The molecule has 19 heavy (non-hydrogen) atoms. The van der Waals surface area contributed by atoms with Crippen LogP contribution in [0.5, 0.6) is 0 Å². The number of carboxylic acids is 1. The van der Waals surface area contributed by atoms with Crippen LogP contribution in [0, 0.1) is 11.6 Å². The number of carbonyl (C=O) groups is 1. The summed E-state index contributed by atoms with van der Waals surface area (Å²) >= 11 is 0. The highest BCUT2D eigenvalue weighted by atomic mass is 32.2. The third-order valence-corrected chi connectivity index (χ3v) is 4.63. The van der Waals surface area contributed by atoms with Gasteiger partial charge in [0, 0.05) is 11.8 Å². The lowest BCUT2D eigenvalue weighted by Gasteiger charge is -2.38. The highest BCUT2D eigenvalue weighted by Gasteiger charge is 2.48. The predicted octanol–water partition coefficient (Wildman–Crippen LogP) is 1.87. The average molecular weight is 290 g/mol. The molecule has 0 radical (unpaired) electrons. The molecule has 0 atom stereocenters. The van der Waals surface area contributed by atoms with Crippen molar-refractivity contribution in [1.82, 2.24) is 0 Å². The van der Waals surface area contributed by atoms with Crippen molar-refractivity contribution in [2.24, 2.45) is 0 Å². The van der Waals surface area contributed by atoms with E-state index >= 15 is 0 Å². The van der Waals surface area contributed by atoms with Gasteiger partial charge in [-0.15, -0.1) is 0 Å². The Morgan fingerprint density at radius 1 is 1.32 bits per heavy atom. The fourth-order valence-electron chi connectivity index (χ4n) is 2.31. The van der Waals surface area contributed by atoms with Gasteiger partial charge in [0.15, 0.2) is 9.84 Å². The molecular weight excluding hydrogens is 278 g/mol. The summed E-state index contributed by atoms with van der Waals surface area (Å²) in [5.74, 6) is -3.38. The fourth-order valence-corrected chi connectivity index (χ4v) is 3.07. The van der Waals surface area contributed by atoms with Crippen LogP contribution in [0.3, 0.4) is 0 Å². The Balaban J connectivity index is 2.72. The van der Waals surface area contributed by atoms with Crippen molar-refractivity contribution in [1.29, 1.82) is 0 Å². The second-order valence-electron chi connectivity index (χ2n) is 4.78. The quantitative estimate of drug-likeness (QED) is 0.922. The standard InChI is InChI=1S/C12H12F2O4S/c1-19(17,18)9-6-7(13)5-8(10(9)14)12(11(15)16)3-2-4-12/h5-6H,2-4H2,1H3,(H,15,16). The number of hydrogen-bond acceptors (Lipinski definition) is 3. The highest BCUT2D eigenvalue weighted by molar-refractivity contribution is 7.90. The van der Waals surface area contributed by atoms with E-state index in [0.29, 0.717) is 12.5 Å². The van der Waals surface area contributed by atoms with Crippen LogP contribution in [-0.2, 0) is 20.0 Å². The third kappa shape index (κ3) is 2.11. The van der Waals surface area contributed by atoms with Crippen LogP contribution < -0.4 is 0 Å². The van der Waals surface area contributed by atoms with Crippen molar-refractivity contribution < 1.29 is 27.1 Å². The molecule has 1 aliphatic carbocycles. The molecule has 1 aromatic carbocycles. The molecule has 7 heteroatoms. The smallest absolute Gasteiger partial charge is 0.314 e. The molecule has 104 valence electrons. The van der Waals surface area contributed by atoms with Crippen molar-refractivity contribution >= 4 is 15.8 Å². The number of halogens is 2. The maximum atomic E-state index is 14.2. The number of aliphatic carboxylic acids is 1. The molecule has 1 N–H and O–H groups in total. The van der Waals surface area contributed by atoms with Crippen LogP contribution in [0.15, 0.2) is 17.0 Å². The van der Waals surface area contributed by atoms with Crippen molar-refractivity contribution in [2.75, 3.05) is 6.26 Å². The lowest BCUT2D eigenvalue weighted by Crippen LogP contribution is -2.43. The maximum absolute atomic E-state index is 14.2. The Bertz CT molecular complexity index is 648. The van der Waals surface area contributed by atoms with Crippen LogP contribution in [-0.4, -0.2) is 25.7 Å². The lowest BCUT2D eigenvalue weighted by molar-refractivity contribution is -0.147. The molecule has 0 spiro atoms. The molecule has 0 aliphatic heterocycles. The van der Waals surface area contributed by atoms with Crippen molar-refractivity contribution in [3.63, 3.8) is 0 Å². The van der Waals surface area contributed by atoms with Crippen LogP contribution in [0.1, 0.15) is 24.8 Å². The molecule has 1 aromatic rings. The van der Waals surface area contributed by atoms with E-state index in [0.717, 1.165) is 12.3 Å². The summed E-state index contributed by atoms with van der Waals surface area (Å²) in [5, 5.41) is 9.21. The first kappa shape index (κ1) is 13.9. The van der Waals surface area contributed by atoms with E-state index < -0.39 is 37.8 Å². The number of hydrogen-bond donors (Lipinski definition) is 1. The zero-order valence-corrected chi connectivity index (χ0v) is 10.9. The van der Waals surface area contributed by atoms with Gasteiger partial charge in [-0.3, -0.25) is 4.79 Å². The van der Waals surface area contributed by atoms with E-state index in [4.69, 9.17) is 0 Å². The highest BCUT2D eigenvalue weighted by Crippen LogP contribution is 2.46. The Labute approximate surface area is 109 Å². The summed E-state index contributed by atoms with van der Waals surface area (Å²) in [4.78, 5) is 10.5. The van der Waals surface area contributed by atoms with E-state index in [1.54, 1.807) is 0 Å². The van der Waals surface area contributed by atoms with Crippen LogP contribution in [0.25, 0.3) is 0 Å². The summed E-state index contributed by atoms with van der Waals surface area (Å²) in [7, 11) is -3.96. The zero-order valence-electron chi connectivity index (χ0n) is 10.1. The number of rotatable bonds is 3. The van der Waals surface area contributed by atoms with Crippen molar-refractivity contribution in [2.45, 2.75) is 29.6 Å². The van der Waals surface area contributed by atoms with Gasteiger partial charge in [0.05, 0.1) is 5.41 Å². The third-order valence-electron chi connectivity index (χ3n) is 3.54. The summed E-state index contributed by atoms with van der Waals surface area (Å²) in [6.45, 7) is 0. The molecule has 1 fully saturated rings. The molecule has 0 amide bonds. The predicted molar refractivity (Wildman–Crippen MR) is 62.6 cm³/mol. The molecule has 0 aromatic heterocycles. The molecule has 1 saturated carbocycles. The average Bonchev–Trinajstić information content (AvgIpc) is 2.18. The van der Waals surface area contributed by atoms with Crippen LogP contribution >= 0.6 is 0 Å². The van der Waals surface area contributed by atoms with Crippen molar-refractivity contribution in [3.05, 3.63) is 29.3 Å². The minimum atomic E-state index is -3.96. The van der Waals surface area contributed by atoms with Gasteiger partial charge in [0.1, 0.15) is 16.5 Å². The summed E-state index contributed by atoms with van der Waals surface area (Å²) in [5.41, 5.74) is -1.89. The lowest BCUT2D eigenvalue weighted by atomic mass is 9.64. The van der Waals surface area contributed by atoms with Crippen LogP contribution in [0.2, 0.25) is 0 Å². The van der Waals surface area contributed by atoms with Gasteiger partial charge in [0.25, 0.3) is 0 Å². The van der Waals surface area contributed by atoms with Gasteiger partial charge in [0.2, 0.25) is 0 Å². The molecule has 2 rings (SSSR count). The Kier molecular flexibility index (Phi) is 3.12. The van der Waals surface area contributed by atoms with Gasteiger partial charge in [-0.1, -0.05) is 6.42 Å². The van der Waals surface area contributed by atoms with E-state index in [-0.39, 0.29) is 18.4 Å². The van der Waals surface area contributed by atoms with E-state index in [9.17, 15) is 27.1 Å². The number of sulfone groups is 1. The molecule has 4 nitrogen and oxygen atoms in total. The second-order valence-corrected chi connectivity index (χ2v) is 6.76. The van der Waals surface area contributed by atoms with Gasteiger partial charge < -0.3 is 5.11 Å². The molecule has 1 aliphatic rings. The summed E-state index contributed by atoms with van der Waals surface area (Å²) in [6, 6.07) is 1.35. The van der Waals surface area contributed by atoms with E-state index in [1.807, 2.05) is 0 Å². The first-order valence-electron chi connectivity index (χ1n) is 5.61. The Morgan fingerprint density at radius 3 is 2.26 bits per heavy atom. The first-order chi connectivity index (χ1) is 8.68. The monoisotopic (exact) mass is 290 g/mol. The van der Waals surface area contributed by atoms with Crippen LogP contribution in [0.4, 0.5) is 8.78 Å². The maximum Gasteiger partial charge on any atom is 0.314 e. The van der Waals surface area contributed by atoms with Crippen molar-refractivity contribution in [3.8, 4) is 0 Å². The molecule has 0 saturated heterocycles. The number of carboxylic acid groups (broad SMARTS) is 1. The molecule has 0 heterocycles. The van der Waals surface area contributed by atoms with E-state index in [1.165, 1.54) is 0 Å². The Hall–Kier alpha value is -1.50. The van der Waals surface area contributed by atoms with Gasteiger partial charge in [-0.25, -0.2) is 17.2 Å². The zero-order chi connectivity index (χ0) is 14.4. The Morgan fingerprint density at radius 2 is 1.89 bits per heavy atom. The number of benzene rings is 1. The molecule has 0 bridgehead atoms. The van der Waals surface area contributed by atoms with Gasteiger partial charge in [-0.2, -0.15) is 0 Å². The topological polar surface area (TPSA) is 71.4 Å². The minimum Gasteiger partial charge on any atom is -0.481 e. The SMILES string of the molecule is CS(=O)(=O)c1cc(F)cc(C2(C(=O)O)CCC2)c1F. The first-order valence-corrected chi connectivity index (χ1v) is 7.50. The molecular formula is C12H12F2O4S. The largest absolute Gasteiger partial charge is 0.481 e. The van der Waals surface area contributed by atoms with Gasteiger partial charge >= 0.3 is 5.97 Å². The normalized spacial score (nSPS) is 17.8.